The zero-order valence-corrected chi connectivity index (χ0v) is 17.7. The maximum atomic E-state index is 10.00. The van der Waals surface area contributed by atoms with Crippen molar-refractivity contribution in [1.82, 2.24) is 0 Å². The molecular formula is C12H27O2PS2Zn. The van der Waals surface area contributed by atoms with Crippen LogP contribution in [0, 0.1) is 11.8 Å². The zero-order valence-electron chi connectivity index (χ0n) is 12.2. The summed E-state index contributed by atoms with van der Waals surface area (Å²) in [5, 5.41) is 0. The second-order valence-corrected chi connectivity index (χ2v) is 11.1. The summed E-state index contributed by atoms with van der Waals surface area (Å²) in [4.78, 5) is 10.00. The van der Waals surface area contributed by atoms with Gasteiger partial charge in [-0.15, -0.1) is 0 Å². The van der Waals surface area contributed by atoms with Crippen molar-refractivity contribution < 1.29 is 28.9 Å². The molecule has 2 unspecified atom stereocenters. The third kappa shape index (κ3) is 12.6. The third-order valence-corrected chi connectivity index (χ3v) is 7.02. The predicted molar refractivity (Wildman–Crippen MR) is 83.1 cm³/mol. The van der Waals surface area contributed by atoms with Crippen LogP contribution in [0.3, 0.4) is 0 Å². The molecule has 0 amide bonds. The first-order valence-corrected chi connectivity index (χ1v) is 10.8. The van der Waals surface area contributed by atoms with Gasteiger partial charge in [0.15, 0.2) is 0 Å². The van der Waals surface area contributed by atoms with E-state index in [2.05, 4.69) is 27.7 Å². The van der Waals surface area contributed by atoms with Crippen molar-refractivity contribution in [1.29, 1.82) is 0 Å². The van der Waals surface area contributed by atoms with Gasteiger partial charge in [0.05, 0.1) is 6.61 Å². The van der Waals surface area contributed by atoms with Gasteiger partial charge in [-0.3, -0.25) is 0 Å². The Bertz CT molecular complexity index is 240. The fourth-order valence-electron chi connectivity index (χ4n) is 1.38. The molecule has 0 heterocycles. The summed E-state index contributed by atoms with van der Waals surface area (Å²) in [7, 11) is 0. The van der Waals surface area contributed by atoms with Gasteiger partial charge < -0.3 is 9.42 Å². The van der Waals surface area contributed by atoms with Gasteiger partial charge in [-0.2, -0.15) is 0 Å². The summed E-state index contributed by atoms with van der Waals surface area (Å²) < 4.78 is 5.43. The fourth-order valence-corrected chi connectivity index (χ4v) is 5.07. The standard InChI is InChI=1S/C12H27O2PS2.Zn/c1-5-7-8-12(6-2)10-17-15(13,16)14-9-11(3)4;/h11-12H,5-10H2,1-4H3,(H,13,16);. The number of rotatable bonds is 10. The average molecular weight is 364 g/mol. The molecule has 0 aliphatic rings. The Kier molecular flexibility index (Phi) is 14.9. The molecule has 18 heavy (non-hydrogen) atoms. The van der Waals surface area contributed by atoms with E-state index in [1.54, 1.807) is 0 Å². The molecule has 6 heteroatoms. The van der Waals surface area contributed by atoms with E-state index in [1.165, 1.54) is 30.6 Å². The van der Waals surface area contributed by atoms with Crippen LogP contribution in [0.15, 0.2) is 0 Å². The SMILES string of the molecule is CCCCC(CC)CSP(O)(=S)OCC(C)C.[Zn]. The first-order valence-electron chi connectivity index (χ1n) is 6.53. The van der Waals surface area contributed by atoms with Gasteiger partial charge in [-0.1, -0.05) is 58.3 Å². The van der Waals surface area contributed by atoms with Gasteiger partial charge >= 0.3 is 0 Å². The molecule has 2 nitrogen and oxygen atoms in total. The van der Waals surface area contributed by atoms with Crippen LogP contribution in [0.4, 0.5) is 0 Å². The maximum Gasteiger partial charge on any atom is 0.244 e. The van der Waals surface area contributed by atoms with Crippen molar-refractivity contribution in [2.45, 2.75) is 53.4 Å². The largest absolute Gasteiger partial charge is 0.337 e. The maximum absolute atomic E-state index is 10.00. The molecule has 0 radical (unpaired) electrons. The van der Waals surface area contributed by atoms with E-state index >= 15 is 0 Å². The summed E-state index contributed by atoms with van der Waals surface area (Å²) in [5.41, 5.74) is -2.60. The van der Waals surface area contributed by atoms with Crippen molar-refractivity contribution in [2.24, 2.45) is 11.8 Å². The monoisotopic (exact) mass is 362 g/mol. The predicted octanol–water partition coefficient (Wildman–Crippen LogP) is 4.82. The Morgan fingerprint density at radius 3 is 2.39 bits per heavy atom. The van der Waals surface area contributed by atoms with Crippen LogP contribution >= 0.6 is 17.1 Å². The van der Waals surface area contributed by atoms with E-state index in [1.807, 2.05) is 0 Å². The molecule has 1 N–H and O–H groups in total. The van der Waals surface area contributed by atoms with Crippen LogP contribution < -0.4 is 0 Å². The first kappa shape index (κ1) is 21.8. The van der Waals surface area contributed by atoms with Crippen LogP contribution in [-0.2, 0) is 35.8 Å². The molecule has 106 valence electrons. The Labute approximate surface area is 135 Å². The van der Waals surface area contributed by atoms with Gasteiger partial charge in [0.1, 0.15) is 0 Å². The molecule has 0 aliphatic heterocycles. The van der Waals surface area contributed by atoms with E-state index in [0.29, 0.717) is 18.4 Å². The minimum Gasteiger partial charge on any atom is -0.337 e. The molecule has 0 saturated heterocycles. The van der Waals surface area contributed by atoms with Gasteiger partial charge in [-0.05, 0) is 30.1 Å². The van der Waals surface area contributed by atoms with Crippen molar-refractivity contribution in [3.05, 3.63) is 0 Å². The molecule has 0 aromatic rings. The second kappa shape index (κ2) is 12.3. The summed E-state index contributed by atoms with van der Waals surface area (Å²) in [6.45, 7) is 9.11. The number of hydrogen-bond donors (Lipinski definition) is 1. The minimum atomic E-state index is -2.60. The average Bonchev–Trinajstić information content (AvgIpc) is 2.27. The quantitative estimate of drug-likeness (QED) is 0.445. The normalized spacial score (nSPS) is 16.1. The van der Waals surface area contributed by atoms with Gasteiger partial charge in [0.2, 0.25) is 5.69 Å². The van der Waals surface area contributed by atoms with Gasteiger partial charge in [0, 0.05) is 25.2 Å². The van der Waals surface area contributed by atoms with E-state index in [9.17, 15) is 4.89 Å². The van der Waals surface area contributed by atoms with Crippen LogP contribution in [0.5, 0.6) is 0 Å². The Morgan fingerprint density at radius 2 is 1.94 bits per heavy atom. The van der Waals surface area contributed by atoms with Crippen molar-refractivity contribution in [3.63, 3.8) is 0 Å². The minimum absolute atomic E-state index is 0. The van der Waals surface area contributed by atoms with E-state index < -0.39 is 5.69 Å². The number of hydrogen-bond acceptors (Lipinski definition) is 3. The first-order chi connectivity index (χ1) is 7.91. The van der Waals surface area contributed by atoms with Gasteiger partial charge in [0.25, 0.3) is 0 Å². The van der Waals surface area contributed by atoms with Crippen molar-refractivity contribution in [3.8, 4) is 0 Å². The topological polar surface area (TPSA) is 29.5 Å². The smallest absolute Gasteiger partial charge is 0.244 e. The molecule has 2 atom stereocenters. The Hall–Kier alpha value is 1.54. The molecule has 0 bridgehead atoms. The van der Waals surface area contributed by atoms with E-state index in [0.717, 1.165) is 12.2 Å². The summed E-state index contributed by atoms with van der Waals surface area (Å²) in [5.74, 6) is 2.02. The molecule has 0 aromatic heterocycles. The Balaban J connectivity index is 0. The van der Waals surface area contributed by atoms with Crippen LogP contribution in [-0.4, -0.2) is 17.3 Å². The van der Waals surface area contributed by atoms with E-state index in [4.69, 9.17) is 16.3 Å². The molecule has 0 saturated carbocycles. The molecule has 0 rings (SSSR count). The molecule has 0 fully saturated rings. The summed E-state index contributed by atoms with van der Waals surface area (Å²) in [6, 6.07) is 0. The number of unbranched alkanes of at least 4 members (excludes halogenated alkanes) is 1. The summed E-state index contributed by atoms with van der Waals surface area (Å²) in [6.07, 6.45) is 4.89. The van der Waals surface area contributed by atoms with E-state index in [-0.39, 0.29) is 19.5 Å². The molecule has 0 spiro atoms. The molecule has 0 aromatic carbocycles. The van der Waals surface area contributed by atoms with Gasteiger partial charge in [-0.25, -0.2) is 0 Å². The third-order valence-electron chi connectivity index (χ3n) is 2.59. The Morgan fingerprint density at radius 1 is 1.33 bits per heavy atom. The summed E-state index contributed by atoms with van der Waals surface area (Å²) >= 11 is 6.61. The van der Waals surface area contributed by atoms with Crippen LogP contribution in [0.2, 0.25) is 0 Å². The van der Waals surface area contributed by atoms with Crippen molar-refractivity contribution in [2.75, 3.05) is 12.4 Å². The molecular weight excluding hydrogens is 337 g/mol. The fraction of sp³-hybridized carbons (Fsp3) is 1.00. The second-order valence-electron chi connectivity index (χ2n) is 4.87. The van der Waals surface area contributed by atoms with Crippen molar-refractivity contribution >= 4 is 28.9 Å². The van der Waals surface area contributed by atoms with Crippen LogP contribution in [0.1, 0.15) is 53.4 Å². The van der Waals surface area contributed by atoms with Crippen LogP contribution in [0.25, 0.3) is 0 Å². The molecule has 0 aliphatic carbocycles. The zero-order chi connectivity index (χ0) is 13.3.